The molecule has 0 amide bonds. The Balaban J connectivity index is 1.46. The minimum absolute atomic E-state index is 0.0179. The lowest BCUT2D eigenvalue weighted by atomic mass is 9.99. The molecule has 1 aromatic heterocycles. The maximum atomic E-state index is 13.5. The number of hydrogen-bond acceptors (Lipinski definition) is 15. The Labute approximate surface area is 231 Å². The number of methoxy groups -OCH3 is 2. The van der Waals surface area contributed by atoms with E-state index < -0.39 is 67.3 Å². The summed E-state index contributed by atoms with van der Waals surface area (Å²) in [4.78, 5) is 13.5. The first-order valence-corrected chi connectivity index (χ1v) is 12.5. The number of fused-ring (bicyclic) bond motifs is 2. The first-order chi connectivity index (χ1) is 19.5. The van der Waals surface area contributed by atoms with Crippen molar-refractivity contribution in [3.8, 4) is 23.0 Å². The van der Waals surface area contributed by atoms with E-state index in [-0.39, 0.29) is 51.5 Å². The molecule has 2 saturated heterocycles. The average molecular weight is 583 g/mol. The molecular weight excluding hydrogens is 552 g/mol. The molecule has 7 N–H and O–H groups in total. The molecule has 0 bridgehead atoms. The van der Waals surface area contributed by atoms with Crippen molar-refractivity contribution in [3.05, 3.63) is 34.5 Å². The maximum Gasteiger partial charge on any atom is 0.229 e. The zero-order valence-electron chi connectivity index (χ0n) is 21.8. The van der Waals surface area contributed by atoms with Crippen LogP contribution >= 0.6 is 0 Å². The molecule has 41 heavy (non-hydrogen) atoms. The van der Waals surface area contributed by atoms with Gasteiger partial charge < -0.3 is 68.6 Å². The molecule has 5 rings (SSSR count). The quantitative estimate of drug-likeness (QED) is 0.154. The zero-order chi connectivity index (χ0) is 29.6. The molecule has 2 unspecified atom stereocenters. The summed E-state index contributed by atoms with van der Waals surface area (Å²) in [5.74, 6) is -0.285. The molecule has 15 heteroatoms. The van der Waals surface area contributed by atoms with Gasteiger partial charge in [-0.3, -0.25) is 4.79 Å². The third kappa shape index (κ3) is 5.27. The predicted molar refractivity (Wildman–Crippen MR) is 136 cm³/mol. The Morgan fingerprint density at radius 2 is 1.63 bits per heavy atom. The van der Waals surface area contributed by atoms with Crippen molar-refractivity contribution in [1.82, 2.24) is 0 Å². The molecule has 0 radical (unpaired) electrons. The fraction of sp³-hybridized carbons (Fsp3) is 0.500. The second kappa shape index (κ2) is 11.6. The van der Waals surface area contributed by atoms with Crippen LogP contribution in [0.3, 0.4) is 0 Å². The number of phenols is 1. The summed E-state index contributed by atoms with van der Waals surface area (Å²) in [5.41, 5.74) is -0.624. The van der Waals surface area contributed by atoms with Crippen molar-refractivity contribution in [3.63, 3.8) is 0 Å². The van der Waals surface area contributed by atoms with Gasteiger partial charge in [0.15, 0.2) is 17.6 Å². The van der Waals surface area contributed by atoms with Gasteiger partial charge in [0.05, 0.1) is 32.8 Å². The molecule has 9 atom stereocenters. The van der Waals surface area contributed by atoms with Crippen molar-refractivity contribution < 1.29 is 68.6 Å². The highest BCUT2D eigenvalue weighted by atomic mass is 16.7. The van der Waals surface area contributed by atoms with Crippen molar-refractivity contribution >= 4 is 21.9 Å². The largest absolute Gasteiger partial charge is 0.504 e. The van der Waals surface area contributed by atoms with Crippen LogP contribution in [0.2, 0.25) is 0 Å². The summed E-state index contributed by atoms with van der Waals surface area (Å²) in [6.45, 7) is -0.819. The van der Waals surface area contributed by atoms with Crippen LogP contribution in [-0.2, 0) is 14.2 Å². The van der Waals surface area contributed by atoms with E-state index in [0.29, 0.717) is 0 Å². The Morgan fingerprint density at radius 3 is 2.34 bits per heavy atom. The van der Waals surface area contributed by atoms with Crippen molar-refractivity contribution in [2.45, 2.75) is 55.3 Å². The number of phenolic OH excluding ortho intramolecular Hbond substituents is 1. The molecule has 2 aliphatic heterocycles. The SMILES string of the molecule is COc1cc(OC2O[C@H](COC3OC[C@@H](O)[C@H](O)[C@H]3O)[C@@H](O)[C@H](O)[C@H]2O)c2c(=O)c3ccc(O)c(OC)c3oc2c1. The van der Waals surface area contributed by atoms with Gasteiger partial charge >= 0.3 is 0 Å². The van der Waals surface area contributed by atoms with Crippen LogP contribution in [0.4, 0.5) is 0 Å². The predicted octanol–water partition coefficient (Wildman–Crippen LogP) is -1.69. The van der Waals surface area contributed by atoms with E-state index in [4.69, 9.17) is 32.8 Å². The van der Waals surface area contributed by atoms with Gasteiger partial charge in [-0.15, -0.1) is 0 Å². The second-order valence-electron chi connectivity index (χ2n) is 9.64. The molecule has 2 aliphatic rings. The monoisotopic (exact) mass is 582 g/mol. The average Bonchev–Trinajstić information content (AvgIpc) is 2.96. The van der Waals surface area contributed by atoms with Gasteiger partial charge in [0.2, 0.25) is 17.5 Å². The van der Waals surface area contributed by atoms with Gasteiger partial charge in [0.1, 0.15) is 65.2 Å². The van der Waals surface area contributed by atoms with Crippen LogP contribution in [0.5, 0.6) is 23.0 Å². The Bertz CT molecular complexity index is 1460. The number of hydrogen-bond donors (Lipinski definition) is 7. The topological polar surface area (TPSA) is 227 Å². The van der Waals surface area contributed by atoms with E-state index in [1.807, 2.05) is 0 Å². The van der Waals surface area contributed by atoms with Crippen LogP contribution in [0, 0.1) is 0 Å². The van der Waals surface area contributed by atoms with Crippen LogP contribution in [0.1, 0.15) is 0 Å². The van der Waals surface area contributed by atoms with Gasteiger partial charge in [0, 0.05) is 12.1 Å². The van der Waals surface area contributed by atoms with Crippen molar-refractivity contribution in [2.24, 2.45) is 0 Å². The van der Waals surface area contributed by atoms with Gasteiger partial charge in [-0.1, -0.05) is 0 Å². The Kier molecular flexibility index (Phi) is 8.24. The smallest absolute Gasteiger partial charge is 0.229 e. The van der Waals surface area contributed by atoms with E-state index in [1.165, 1.54) is 38.5 Å². The van der Waals surface area contributed by atoms with E-state index in [9.17, 15) is 40.5 Å². The molecule has 0 spiro atoms. The fourth-order valence-corrected chi connectivity index (χ4v) is 4.75. The van der Waals surface area contributed by atoms with Gasteiger partial charge in [-0.2, -0.15) is 0 Å². The van der Waals surface area contributed by atoms with Crippen LogP contribution in [-0.4, -0.2) is 118 Å². The van der Waals surface area contributed by atoms with Gasteiger partial charge in [0.25, 0.3) is 0 Å². The molecule has 0 aliphatic carbocycles. The van der Waals surface area contributed by atoms with E-state index in [2.05, 4.69) is 0 Å². The lowest BCUT2D eigenvalue weighted by molar-refractivity contribution is -0.307. The molecule has 3 heterocycles. The molecular formula is C26H30O15. The summed E-state index contributed by atoms with van der Waals surface area (Å²) in [7, 11) is 2.65. The molecule has 224 valence electrons. The molecule has 2 aromatic carbocycles. The van der Waals surface area contributed by atoms with Gasteiger partial charge in [-0.05, 0) is 12.1 Å². The van der Waals surface area contributed by atoms with Crippen LogP contribution in [0.25, 0.3) is 21.9 Å². The Hall–Kier alpha value is -3.25. The third-order valence-electron chi connectivity index (χ3n) is 7.05. The lowest BCUT2D eigenvalue weighted by Crippen LogP contribution is -2.61. The number of aliphatic hydroxyl groups is 6. The van der Waals surface area contributed by atoms with Crippen molar-refractivity contribution in [2.75, 3.05) is 27.4 Å². The summed E-state index contributed by atoms with van der Waals surface area (Å²) < 4.78 is 38.5. The number of rotatable bonds is 7. The van der Waals surface area contributed by atoms with Crippen molar-refractivity contribution in [1.29, 1.82) is 0 Å². The summed E-state index contributed by atoms with van der Waals surface area (Å²) in [6, 6.07) is 5.34. The van der Waals surface area contributed by atoms with Crippen LogP contribution < -0.4 is 19.6 Å². The highest BCUT2D eigenvalue weighted by Crippen LogP contribution is 2.38. The molecule has 3 aromatic rings. The first-order valence-electron chi connectivity index (χ1n) is 12.5. The molecule has 15 nitrogen and oxygen atoms in total. The fourth-order valence-electron chi connectivity index (χ4n) is 4.75. The highest BCUT2D eigenvalue weighted by molar-refractivity contribution is 5.96. The third-order valence-corrected chi connectivity index (χ3v) is 7.05. The van der Waals surface area contributed by atoms with Gasteiger partial charge in [-0.25, -0.2) is 0 Å². The number of ether oxygens (including phenoxy) is 6. The Morgan fingerprint density at radius 1 is 0.902 bits per heavy atom. The number of aromatic hydroxyl groups is 1. The minimum atomic E-state index is -1.79. The number of aliphatic hydroxyl groups excluding tert-OH is 6. The van der Waals surface area contributed by atoms with Crippen LogP contribution in [0.15, 0.2) is 33.5 Å². The summed E-state index contributed by atoms with van der Waals surface area (Å²) in [5, 5.41) is 71.3. The van der Waals surface area contributed by atoms with E-state index in [0.717, 1.165) is 0 Å². The zero-order valence-corrected chi connectivity index (χ0v) is 21.8. The normalized spacial score (nSPS) is 32.2. The second-order valence-corrected chi connectivity index (χ2v) is 9.64. The summed E-state index contributed by atoms with van der Waals surface area (Å²) in [6.07, 6.45) is -14.1. The highest BCUT2D eigenvalue weighted by Gasteiger charge is 2.46. The van der Waals surface area contributed by atoms with E-state index >= 15 is 0 Å². The van der Waals surface area contributed by atoms with E-state index in [1.54, 1.807) is 0 Å². The molecule has 2 fully saturated rings. The first kappa shape index (κ1) is 29.2. The summed E-state index contributed by atoms with van der Waals surface area (Å²) >= 11 is 0. The minimum Gasteiger partial charge on any atom is -0.504 e. The number of benzene rings is 2. The molecule has 0 saturated carbocycles. The lowest BCUT2D eigenvalue weighted by Gasteiger charge is -2.41. The maximum absolute atomic E-state index is 13.5. The standard InChI is InChI=1S/C26H30O15/c1-35-9-5-13-16(17(29)10-3-4-11(27)24(36-2)23(10)39-13)14(6-9)40-26-22(34)20(32)19(31)15(41-26)8-38-25-21(33)18(30)12(28)7-37-25/h3-6,12,15,18-22,25-28,30-34H,7-8H2,1-2H3/t12-,15-,18+,19-,20+,21-,22-,25?,26?/m1/s1.